The first kappa shape index (κ1) is 27.0. The summed E-state index contributed by atoms with van der Waals surface area (Å²) in [5, 5.41) is 52.0. The van der Waals surface area contributed by atoms with E-state index in [-0.39, 0.29) is 17.2 Å². The van der Waals surface area contributed by atoms with Gasteiger partial charge in [-0.3, -0.25) is 10.1 Å². The van der Waals surface area contributed by atoms with Gasteiger partial charge in [0.25, 0.3) is 5.69 Å². The van der Waals surface area contributed by atoms with E-state index in [0.29, 0.717) is 36.5 Å². The van der Waals surface area contributed by atoms with Crippen molar-refractivity contribution in [1.29, 1.82) is 0 Å². The molecule has 0 aromatic heterocycles. The molecule has 11 nitrogen and oxygen atoms in total. The average Bonchev–Trinajstić information content (AvgIpc) is 2.73. The number of nitro benzene ring substituents is 1. The van der Waals surface area contributed by atoms with Gasteiger partial charge in [0.1, 0.15) is 0 Å². The van der Waals surface area contributed by atoms with Gasteiger partial charge in [0, 0.05) is 25.2 Å². The third kappa shape index (κ3) is 7.27. The Hall–Kier alpha value is -3.05. The Morgan fingerprint density at radius 2 is 1.53 bits per heavy atom. The Morgan fingerprint density at radius 3 is 1.91 bits per heavy atom. The molecule has 178 valence electrons. The Morgan fingerprint density at radius 1 is 1.06 bits per heavy atom. The number of rotatable bonds is 12. The number of nitro groups is 1. The van der Waals surface area contributed by atoms with Crippen molar-refractivity contribution in [3.63, 3.8) is 0 Å². The van der Waals surface area contributed by atoms with E-state index in [1.807, 2.05) is 27.7 Å². The predicted molar refractivity (Wildman–Crippen MR) is 121 cm³/mol. The highest BCUT2D eigenvalue weighted by Gasteiger charge is 2.27. The van der Waals surface area contributed by atoms with Crippen molar-refractivity contribution in [2.24, 2.45) is 16.2 Å². The van der Waals surface area contributed by atoms with Crippen LogP contribution in [0, 0.1) is 16.0 Å². The number of benzene rings is 1. The van der Waals surface area contributed by atoms with Gasteiger partial charge in [0.15, 0.2) is 0 Å². The topological polar surface area (TPSA) is 170 Å². The van der Waals surface area contributed by atoms with Crippen LogP contribution in [0.25, 0.3) is 0 Å². The first-order valence-electron chi connectivity index (χ1n) is 10.1. The first-order chi connectivity index (χ1) is 14.7. The fraction of sp³-hybridized carbons (Fsp3) is 0.571. The summed E-state index contributed by atoms with van der Waals surface area (Å²) in [5.41, 5.74) is -0.211. The molecular weight excluding hydrogens is 418 g/mol. The second kappa shape index (κ2) is 11.0. The molecule has 0 radical (unpaired) electrons. The predicted octanol–water partition coefficient (Wildman–Crippen LogP) is 2.89. The number of hydrogen-bond donors (Lipinski definition) is 5. The molecule has 0 unspecified atom stereocenters. The van der Waals surface area contributed by atoms with Crippen LogP contribution in [0.15, 0.2) is 28.5 Å². The van der Waals surface area contributed by atoms with Crippen molar-refractivity contribution < 1.29 is 25.2 Å². The van der Waals surface area contributed by atoms with Crippen molar-refractivity contribution in [2.45, 2.75) is 59.0 Å². The molecule has 32 heavy (non-hydrogen) atoms. The zero-order chi connectivity index (χ0) is 24.7. The minimum atomic E-state index is -1.24. The first-order valence-corrected chi connectivity index (χ1v) is 10.1. The highest BCUT2D eigenvalue weighted by atomic mass is 16.6. The molecule has 0 amide bonds. The van der Waals surface area contributed by atoms with Gasteiger partial charge in [-0.2, -0.15) is 0 Å². The van der Waals surface area contributed by atoms with Crippen LogP contribution in [-0.4, -0.2) is 62.0 Å². The van der Waals surface area contributed by atoms with Gasteiger partial charge in [-0.05, 0) is 59.4 Å². The molecule has 0 fully saturated rings. The van der Waals surface area contributed by atoms with E-state index in [9.17, 15) is 20.0 Å². The molecule has 0 aliphatic rings. The molecule has 0 saturated carbocycles. The van der Waals surface area contributed by atoms with Gasteiger partial charge in [-0.1, -0.05) is 16.4 Å². The molecule has 0 spiro atoms. The summed E-state index contributed by atoms with van der Waals surface area (Å²) >= 11 is 0. The second-order valence-corrected chi connectivity index (χ2v) is 8.86. The van der Waals surface area contributed by atoms with Crippen LogP contribution in [0.1, 0.15) is 57.5 Å². The molecule has 0 bridgehead atoms. The summed E-state index contributed by atoms with van der Waals surface area (Å²) in [5.74, 6) is -1.39. The maximum absolute atomic E-state index is 11.7. The fourth-order valence-electron chi connectivity index (χ4n) is 2.89. The summed E-state index contributed by atoms with van der Waals surface area (Å²) in [6.45, 7) is 11.6. The molecule has 0 atom stereocenters. The largest absolute Gasteiger partial charge is 0.478 e. The molecule has 0 saturated heterocycles. The van der Waals surface area contributed by atoms with Crippen LogP contribution in [0.2, 0.25) is 0 Å². The molecule has 1 rings (SSSR count). The average molecular weight is 452 g/mol. The maximum atomic E-state index is 11.7. The van der Waals surface area contributed by atoms with Crippen molar-refractivity contribution in [3.8, 4) is 0 Å². The van der Waals surface area contributed by atoms with Crippen LogP contribution in [0.3, 0.4) is 0 Å². The molecule has 0 heterocycles. The zero-order valence-corrected chi connectivity index (χ0v) is 19.3. The minimum Gasteiger partial charge on any atom is -0.478 e. The lowest BCUT2D eigenvalue weighted by atomic mass is 9.91. The summed E-state index contributed by atoms with van der Waals surface area (Å²) in [4.78, 5) is 22.1. The maximum Gasteiger partial charge on any atom is 0.336 e. The Bertz CT molecular complexity index is 861. The molecule has 1 aromatic rings. The lowest BCUT2D eigenvalue weighted by Gasteiger charge is -2.32. The van der Waals surface area contributed by atoms with Crippen molar-refractivity contribution in [2.75, 3.05) is 13.1 Å². The third-order valence-corrected chi connectivity index (χ3v) is 5.82. The Labute approximate surface area is 187 Å². The normalized spacial score (nSPS) is 14.3. The van der Waals surface area contributed by atoms with Gasteiger partial charge in [0.05, 0.1) is 33.0 Å². The van der Waals surface area contributed by atoms with Crippen LogP contribution in [-0.2, 0) is 6.42 Å². The molecule has 1 aromatic carbocycles. The Balaban J connectivity index is 3.20. The SMILES string of the molecule is CC(=NO)C(C)(C)NCC(CNC(C)(C)C(C)=NO)Cc1ccc([N+](=O)[O-])cc1C(=O)O. The number of nitrogens with zero attached hydrogens (tertiary/aromatic N) is 3. The molecule has 5 N–H and O–H groups in total. The van der Waals surface area contributed by atoms with Crippen molar-refractivity contribution in [3.05, 3.63) is 39.4 Å². The van der Waals surface area contributed by atoms with E-state index in [4.69, 9.17) is 10.4 Å². The highest BCUT2D eigenvalue weighted by Crippen LogP contribution is 2.22. The molecule has 0 aliphatic carbocycles. The standard InChI is InChI=1S/C21H33N5O6/c1-13(24-29)20(3,4)22-11-15(12-23-21(5,6)14(2)25-30)9-16-7-8-17(26(31)32)10-18(16)19(27)28/h7-8,10,15,22-23,29-30H,9,11-12H2,1-6H3,(H,27,28). The summed E-state index contributed by atoms with van der Waals surface area (Å²) < 4.78 is 0. The van der Waals surface area contributed by atoms with Crippen molar-refractivity contribution in [1.82, 2.24) is 10.6 Å². The van der Waals surface area contributed by atoms with Crippen LogP contribution in [0.5, 0.6) is 0 Å². The van der Waals surface area contributed by atoms with Gasteiger partial charge < -0.3 is 26.2 Å². The number of non-ortho nitro benzene ring substituents is 1. The quantitative estimate of drug-likeness (QED) is 0.140. The number of hydrogen-bond acceptors (Lipinski definition) is 9. The van der Waals surface area contributed by atoms with E-state index in [1.165, 1.54) is 12.1 Å². The molecular formula is C21H33N5O6. The third-order valence-electron chi connectivity index (χ3n) is 5.82. The summed E-state index contributed by atoms with van der Waals surface area (Å²) in [7, 11) is 0. The highest BCUT2D eigenvalue weighted by molar-refractivity contribution is 5.91. The van der Waals surface area contributed by atoms with Gasteiger partial charge in [-0.15, -0.1) is 0 Å². The van der Waals surface area contributed by atoms with Gasteiger partial charge >= 0.3 is 5.97 Å². The number of oxime groups is 2. The molecule has 0 aliphatic heterocycles. The minimum absolute atomic E-state index is 0.121. The summed E-state index contributed by atoms with van der Waals surface area (Å²) in [6, 6.07) is 3.82. The second-order valence-electron chi connectivity index (χ2n) is 8.86. The monoisotopic (exact) mass is 451 g/mol. The Kier molecular flexibility index (Phi) is 9.28. The van der Waals surface area contributed by atoms with Gasteiger partial charge in [-0.25, -0.2) is 4.79 Å². The van der Waals surface area contributed by atoms with Crippen LogP contribution < -0.4 is 10.6 Å². The van der Waals surface area contributed by atoms with Gasteiger partial charge in [0.2, 0.25) is 0 Å². The fourth-order valence-corrected chi connectivity index (χ4v) is 2.89. The number of aromatic carboxylic acids is 1. The number of carboxylic acids is 1. The lowest BCUT2D eigenvalue weighted by Crippen LogP contribution is -2.52. The number of nitrogens with one attached hydrogen (secondary N) is 2. The van der Waals surface area contributed by atoms with Crippen LogP contribution >= 0.6 is 0 Å². The summed E-state index contributed by atoms with van der Waals surface area (Å²) in [6.07, 6.45) is 0.316. The molecule has 11 heteroatoms. The van der Waals surface area contributed by atoms with E-state index in [0.717, 1.165) is 6.07 Å². The van der Waals surface area contributed by atoms with Crippen LogP contribution in [0.4, 0.5) is 5.69 Å². The smallest absolute Gasteiger partial charge is 0.336 e. The van der Waals surface area contributed by atoms with E-state index in [1.54, 1.807) is 13.8 Å². The van der Waals surface area contributed by atoms with E-state index in [2.05, 4.69) is 20.9 Å². The van der Waals surface area contributed by atoms with Crippen molar-refractivity contribution >= 4 is 23.1 Å². The number of carbonyl (C=O) groups is 1. The number of carboxylic acid groups (broad SMARTS) is 1. The van der Waals surface area contributed by atoms with E-state index >= 15 is 0 Å². The lowest BCUT2D eigenvalue weighted by molar-refractivity contribution is -0.384. The van der Waals surface area contributed by atoms with E-state index < -0.39 is 22.0 Å². The zero-order valence-electron chi connectivity index (χ0n) is 19.3.